The maximum Gasteiger partial charge on any atom is 0.303 e. The Bertz CT molecular complexity index is 1100. The van der Waals surface area contributed by atoms with Crippen LogP contribution in [0.25, 0.3) is 17.4 Å². The molecule has 1 aromatic carbocycles. The van der Waals surface area contributed by atoms with Crippen molar-refractivity contribution >= 4 is 12.0 Å². The predicted molar refractivity (Wildman–Crippen MR) is 124 cm³/mol. The van der Waals surface area contributed by atoms with Gasteiger partial charge in [0, 0.05) is 18.1 Å². The van der Waals surface area contributed by atoms with E-state index in [2.05, 4.69) is 10.1 Å². The van der Waals surface area contributed by atoms with Gasteiger partial charge in [-0.2, -0.15) is 0 Å². The Hall–Kier alpha value is -3.68. The SMILES string of the molecule is CC.COc1cc(-c2onc(COc3cccc(CCC(=O)O)c3)c2C=C(C)C)c(F)cn1. The van der Waals surface area contributed by atoms with E-state index in [-0.39, 0.29) is 30.2 Å². The summed E-state index contributed by atoms with van der Waals surface area (Å²) in [5.41, 5.74) is 3.13. The molecule has 1 N–H and O–H groups in total. The van der Waals surface area contributed by atoms with Crippen LogP contribution >= 0.6 is 0 Å². The molecule has 176 valence electrons. The standard InChI is InChI=1S/C23H23FN2O5.C2H6/c1-14(2)9-18-20(13-30-16-6-4-5-15(10-16)7-8-22(27)28)26-31-23(18)17-11-21(29-3)25-12-19(17)24;1-2/h4-6,9-12H,7-8,13H2,1-3H3,(H,27,28);1-2H3. The van der Waals surface area contributed by atoms with Crippen LogP contribution in [-0.4, -0.2) is 28.3 Å². The minimum absolute atomic E-state index is 0.0434. The fraction of sp³-hybridized carbons (Fsp3) is 0.320. The second kappa shape index (κ2) is 12.4. The summed E-state index contributed by atoms with van der Waals surface area (Å²) >= 11 is 0. The lowest BCUT2D eigenvalue weighted by molar-refractivity contribution is -0.136. The number of pyridine rings is 1. The Labute approximate surface area is 192 Å². The third-order valence-corrected chi connectivity index (χ3v) is 4.42. The number of aryl methyl sites for hydroxylation is 1. The zero-order chi connectivity index (χ0) is 24.4. The number of hydrogen-bond donors (Lipinski definition) is 1. The number of carboxylic acid groups (broad SMARTS) is 1. The van der Waals surface area contributed by atoms with Crippen molar-refractivity contribution in [3.05, 3.63) is 64.7 Å². The van der Waals surface area contributed by atoms with E-state index < -0.39 is 11.8 Å². The second-order valence-corrected chi connectivity index (χ2v) is 7.13. The highest BCUT2D eigenvalue weighted by atomic mass is 19.1. The molecule has 0 fully saturated rings. The molecule has 0 bridgehead atoms. The van der Waals surface area contributed by atoms with Crippen LogP contribution in [-0.2, 0) is 17.8 Å². The molecule has 2 aromatic heterocycles. The number of aliphatic carboxylic acids is 1. The minimum Gasteiger partial charge on any atom is -0.487 e. The molecule has 7 nitrogen and oxygen atoms in total. The van der Waals surface area contributed by atoms with Crippen LogP contribution in [0, 0.1) is 5.82 Å². The fourth-order valence-corrected chi connectivity index (χ4v) is 2.96. The van der Waals surface area contributed by atoms with Gasteiger partial charge < -0.3 is 19.1 Å². The van der Waals surface area contributed by atoms with Crippen molar-refractivity contribution < 1.29 is 28.3 Å². The van der Waals surface area contributed by atoms with Gasteiger partial charge in [-0.05, 0) is 38.0 Å². The van der Waals surface area contributed by atoms with Gasteiger partial charge in [-0.1, -0.05) is 42.8 Å². The molecule has 33 heavy (non-hydrogen) atoms. The smallest absolute Gasteiger partial charge is 0.303 e. The summed E-state index contributed by atoms with van der Waals surface area (Å²) < 4.78 is 30.9. The number of halogens is 1. The third-order valence-electron chi connectivity index (χ3n) is 4.42. The summed E-state index contributed by atoms with van der Waals surface area (Å²) in [4.78, 5) is 14.6. The van der Waals surface area contributed by atoms with Gasteiger partial charge in [-0.3, -0.25) is 4.79 Å². The van der Waals surface area contributed by atoms with Gasteiger partial charge in [-0.15, -0.1) is 0 Å². The number of benzene rings is 1. The van der Waals surface area contributed by atoms with E-state index in [0.29, 0.717) is 23.4 Å². The van der Waals surface area contributed by atoms with Crippen LogP contribution in [0.3, 0.4) is 0 Å². The molecule has 0 saturated heterocycles. The van der Waals surface area contributed by atoms with Crippen molar-refractivity contribution in [2.75, 3.05) is 7.11 Å². The first kappa shape index (κ1) is 25.6. The van der Waals surface area contributed by atoms with E-state index in [9.17, 15) is 9.18 Å². The lowest BCUT2D eigenvalue weighted by Gasteiger charge is -2.07. The van der Waals surface area contributed by atoms with Gasteiger partial charge >= 0.3 is 5.97 Å². The number of rotatable bonds is 9. The first-order valence-corrected chi connectivity index (χ1v) is 10.6. The summed E-state index contributed by atoms with van der Waals surface area (Å²) in [6, 6.07) is 8.67. The van der Waals surface area contributed by atoms with E-state index in [1.54, 1.807) is 18.2 Å². The first-order chi connectivity index (χ1) is 15.9. The zero-order valence-electron chi connectivity index (χ0n) is 19.5. The Morgan fingerprint density at radius 3 is 2.67 bits per heavy atom. The van der Waals surface area contributed by atoms with Crippen molar-refractivity contribution in [1.29, 1.82) is 0 Å². The number of allylic oxidation sites excluding steroid dienone is 1. The van der Waals surface area contributed by atoms with Crippen molar-refractivity contribution in [2.45, 2.75) is 47.1 Å². The summed E-state index contributed by atoms with van der Waals surface area (Å²) in [5.74, 6) is -0.320. The van der Waals surface area contributed by atoms with Gasteiger partial charge in [-0.25, -0.2) is 9.37 Å². The van der Waals surface area contributed by atoms with Crippen LogP contribution in [0.15, 0.2) is 46.6 Å². The normalized spacial score (nSPS) is 10.1. The topological polar surface area (TPSA) is 94.7 Å². The molecule has 0 spiro atoms. The molecule has 0 aliphatic carbocycles. The first-order valence-electron chi connectivity index (χ1n) is 10.6. The van der Waals surface area contributed by atoms with Gasteiger partial charge in [0.25, 0.3) is 0 Å². The molecule has 0 unspecified atom stereocenters. The number of ether oxygens (including phenoxy) is 2. The highest BCUT2D eigenvalue weighted by Crippen LogP contribution is 2.32. The van der Waals surface area contributed by atoms with E-state index >= 15 is 0 Å². The van der Waals surface area contributed by atoms with E-state index in [1.807, 2.05) is 39.8 Å². The quantitative estimate of drug-likeness (QED) is 0.426. The predicted octanol–water partition coefficient (Wildman–Crippen LogP) is 5.93. The number of carbonyl (C=O) groups is 1. The molecule has 0 amide bonds. The van der Waals surface area contributed by atoms with Crippen molar-refractivity contribution in [1.82, 2.24) is 10.1 Å². The van der Waals surface area contributed by atoms with E-state index in [1.165, 1.54) is 13.2 Å². The van der Waals surface area contributed by atoms with Gasteiger partial charge in [0.15, 0.2) is 11.6 Å². The molecular weight excluding hydrogens is 427 g/mol. The second-order valence-electron chi connectivity index (χ2n) is 7.13. The lowest BCUT2D eigenvalue weighted by atomic mass is 10.1. The molecule has 0 saturated carbocycles. The van der Waals surface area contributed by atoms with E-state index in [0.717, 1.165) is 17.3 Å². The minimum atomic E-state index is -0.854. The van der Waals surface area contributed by atoms with Crippen LogP contribution in [0.4, 0.5) is 4.39 Å². The molecule has 2 heterocycles. The Kier molecular flexibility index (Phi) is 9.60. The van der Waals surface area contributed by atoms with Crippen LogP contribution < -0.4 is 9.47 Å². The van der Waals surface area contributed by atoms with Crippen molar-refractivity contribution in [2.24, 2.45) is 0 Å². The summed E-state index contributed by atoms with van der Waals surface area (Å²) in [5, 5.41) is 12.9. The third kappa shape index (κ3) is 7.17. The number of methoxy groups -OCH3 is 1. The Morgan fingerprint density at radius 1 is 1.24 bits per heavy atom. The van der Waals surface area contributed by atoms with Gasteiger partial charge in [0.1, 0.15) is 18.1 Å². The summed E-state index contributed by atoms with van der Waals surface area (Å²) in [6.45, 7) is 7.92. The molecule has 8 heteroatoms. The Balaban J connectivity index is 0.00000187. The number of aromatic nitrogens is 2. The average Bonchev–Trinajstić information content (AvgIpc) is 3.19. The number of carboxylic acids is 1. The zero-order valence-corrected chi connectivity index (χ0v) is 19.5. The highest BCUT2D eigenvalue weighted by Gasteiger charge is 2.20. The largest absolute Gasteiger partial charge is 0.487 e. The molecule has 0 aliphatic heterocycles. The molecule has 0 atom stereocenters. The summed E-state index contributed by atoms with van der Waals surface area (Å²) in [7, 11) is 1.45. The van der Waals surface area contributed by atoms with Crippen LogP contribution in [0.2, 0.25) is 0 Å². The van der Waals surface area contributed by atoms with E-state index in [4.69, 9.17) is 19.1 Å². The van der Waals surface area contributed by atoms with Gasteiger partial charge in [0.2, 0.25) is 5.88 Å². The van der Waals surface area contributed by atoms with Crippen LogP contribution in [0.1, 0.15) is 50.9 Å². The van der Waals surface area contributed by atoms with Crippen molar-refractivity contribution in [3.8, 4) is 23.0 Å². The highest BCUT2D eigenvalue weighted by molar-refractivity contribution is 5.73. The average molecular weight is 457 g/mol. The maximum atomic E-state index is 14.4. The molecule has 0 aliphatic rings. The monoisotopic (exact) mass is 456 g/mol. The number of nitrogens with zero attached hydrogens (tertiary/aromatic N) is 2. The molecule has 3 aromatic rings. The molecule has 0 radical (unpaired) electrons. The van der Waals surface area contributed by atoms with Crippen LogP contribution in [0.5, 0.6) is 11.6 Å². The lowest BCUT2D eigenvalue weighted by Crippen LogP contribution is -2.00. The maximum absolute atomic E-state index is 14.4. The molecular formula is C25H29FN2O5. The summed E-state index contributed by atoms with van der Waals surface area (Å²) in [6.07, 6.45) is 3.37. The Morgan fingerprint density at radius 2 is 2.00 bits per heavy atom. The number of hydrogen-bond acceptors (Lipinski definition) is 6. The van der Waals surface area contributed by atoms with Crippen molar-refractivity contribution in [3.63, 3.8) is 0 Å². The fourth-order valence-electron chi connectivity index (χ4n) is 2.96. The van der Waals surface area contributed by atoms with Gasteiger partial charge in [0.05, 0.1) is 18.9 Å². The molecule has 3 rings (SSSR count).